The molecule has 0 bridgehead atoms. The molecule has 112 valence electrons. The number of rotatable bonds is 5. The van der Waals surface area contributed by atoms with E-state index in [-0.39, 0.29) is 11.9 Å². The van der Waals surface area contributed by atoms with Gasteiger partial charge in [-0.15, -0.1) is 0 Å². The average molecular weight is 286 g/mol. The van der Waals surface area contributed by atoms with Crippen molar-refractivity contribution < 1.29 is 9.90 Å². The molecule has 1 amide bonds. The molecule has 1 aromatic rings. The van der Waals surface area contributed by atoms with E-state index in [1.165, 1.54) is 0 Å². The van der Waals surface area contributed by atoms with Gasteiger partial charge in [-0.25, -0.2) is 0 Å². The van der Waals surface area contributed by atoms with E-state index in [1.54, 1.807) is 0 Å². The Morgan fingerprint density at radius 1 is 1.38 bits per heavy atom. The van der Waals surface area contributed by atoms with Crippen molar-refractivity contribution in [3.63, 3.8) is 0 Å². The summed E-state index contributed by atoms with van der Waals surface area (Å²) in [5.41, 5.74) is -0.0131. The van der Waals surface area contributed by atoms with Crippen molar-refractivity contribution in [1.82, 2.24) is 5.32 Å². The summed E-state index contributed by atoms with van der Waals surface area (Å²) in [7, 11) is 0. The molecule has 0 radical (unpaired) electrons. The van der Waals surface area contributed by atoms with Gasteiger partial charge >= 0.3 is 0 Å². The lowest BCUT2D eigenvalue weighted by molar-refractivity contribution is -0.128. The number of carbonyl (C=O) groups is 1. The first-order valence-corrected chi connectivity index (χ1v) is 7.52. The third kappa shape index (κ3) is 3.62. The molecule has 2 rings (SSSR count). The lowest BCUT2D eigenvalue weighted by Gasteiger charge is -2.24. The minimum atomic E-state index is -0.855. The molecule has 21 heavy (non-hydrogen) atoms. The van der Waals surface area contributed by atoms with Crippen LogP contribution in [0.15, 0.2) is 30.3 Å². The largest absolute Gasteiger partial charge is 0.388 e. The van der Waals surface area contributed by atoms with Gasteiger partial charge in [0.25, 0.3) is 0 Å². The van der Waals surface area contributed by atoms with Gasteiger partial charge in [-0.1, -0.05) is 43.2 Å². The van der Waals surface area contributed by atoms with Gasteiger partial charge in [0.1, 0.15) is 5.41 Å². The molecule has 2 N–H and O–H groups in total. The van der Waals surface area contributed by atoms with Crippen LogP contribution in [0, 0.1) is 16.7 Å². The first-order valence-electron chi connectivity index (χ1n) is 7.52. The van der Waals surface area contributed by atoms with Crippen LogP contribution in [-0.2, 0) is 4.79 Å². The summed E-state index contributed by atoms with van der Waals surface area (Å²) in [5.74, 6) is -0.185. The van der Waals surface area contributed by atoms with Crippen LogP contribution in [0.2, 0.25) is 0 Å². The number of nitrogens with zero attached hydrogens (tertiary/aromatic N) is 1. The second kappa shape index (κ2) is 6.73. The molecule has 0 saturated heterocycles. The Labute approximate surface area is 125 Å². The maximum absolute atomic E-state index is 12.3. The number of benzene rings is 1. The first kappa shape index (κ1) is 15.5. The maximum atomic E-state index is 12.3. The summed E-state index contributed by atoms with van der Waals surface area (Å²) in [5, 5.41) is 22.4. The Kier molecular flexibility index (Phi) is 4.98. The van der Waals surface area contributed by atoms with Crippen molar-refractivity contribution >= 4 is 5.91 Å². The zero-order valence-corrected chi connectivity index (χ0v) is 12.4. The van der Waals surface area contributed by atoms with Gasteiger partial charge in [0.2, 0.25) is 5.91 Å². The fraction of sp³-hybridized carbons (Fsp3) is 0.529. The zero-order valence-electron chi connectivity index (χ0n) is 12.4. The molecule has 2 atom stereocenters. The van der Waals surface area contributed by atoms with Gasteiger partial charge in [0.05, 0.1) is 12.2 Å². The van der Waals surface area contributed by atoms with E-state index in [4.69, 9.17) is 0 Å². The number of nitriles is 1. The van der Waals surface area contributed by atoms with E-state index in [2.05, 4.69) is 11.4 Å². The third-order valence-corrected chi connectivity index (χ3v) is 4.24. The predicted octanol–water partition coefficient (Wildman–Crippen LogP) is 2.70. The first-order chi connectivity index (χ1) is 10.1. The number of aliphatic hydroxyl groups is 1. The monoisotopic (exact) mass is 286 g/mol. The quantitative estimate of drug-likeness (QED) is 0.874. The van der Waals surface area contributed by atoms with Crippen molar-refractivity contribution in [2.24, 2.45) is 5.41 Å². The minimum Gasteiger partial charge on any atom is -0.388 e. The van der Waals surface area contributed by atoms with Crippen LogP contribution in [0.4, 0.5) is 0 Å². The highest BCUT2D eigenvalue weighted by molar-refractivity contribution is 5.85. The fourth-order valence-electron chi connectivity index (χ4n) is 2.94. The van der Waals surface area contributed by atoms with Crippen LogP contribution >= 0.6 is 0 Å². The van der Waals surface area contributed by atoms with Crippen LogP contribution in [0.3, 0.4) is 0 Å². The maximum Gasteiger partial charge on any atom is 0.240 e. The highest BCUT2D eigenvalue weighted by atomic mass is 16.3. The molecule has 2 unspecified atom stereocenters. The molecule has 1 saturated carbocycles. The van der Waals surface area contributed by atoms with E-state index < -0.39 is 11.5 Å². The van der Waals surface area contributed by atoms with Gasteiger partial charge in [-0.3, -0.25) is 4.79 Å². The standard InChI is InChI=1S/C17H22N2O2/c1-13(11-15(20)14-7-3-2-4-8-14)19-16(21)17(12-18)9-5-6-10-17/h2-4,7-8,13,15,20H,5-6,9-11H2,1H3,(H,19,21). The third-order valence-electron chi connectivity index (χ3n) is 4.24. The molecule has 0 aromatic heterocycles. The molecule has 0 spiro atoms. The molecule has 4 heteroatoms. The number of amides is 1. The van der Waals surface area contributed by atoms with E-state index in [9.17, 15) is 15.2 Å². The number of nitrogens with one attached hydrogen (secondary N) is 1. The molecule has 1 aliphatic carbocycles. The Morgan fingerprint density at radius 2 is 2.00 bits per heavy atom. The predicted molar refractivity (Wildman–Crippen MR) is 80.1 cm³/mol. The molecule has 1 aromatic carbocycles. The zero-order chi connectivity index (χ0) is 15.3. The van der Waals surface area contributed by atoms with E-state index in [0.29, 0.717) is 19.3 Å². The summed E-state index contributed by atoms with van der Waals surface area (Å²) in [4.78, 5) is 12.3. The van der Waals surface area contributed by atoms with E-state index >= 15 is 0 Å². The van der Waals surface area contributed by atoms with Crippen molar-refractivity contribution in [3.8, 4) is 6.07 Å². The Balaban J connectivity index is 1.91. The smallest absolute Gasteiger partial charge is 0.240 e. The van der Waals surface area contributed by atoms with E-state index in [1.807, 2.05) is 37.3 Å². The normalized spacial score (nSPS) is 19.5. The molecule has 0 aliphatic heterocycles. The number of carbonyl (C=O) groups excluding carboxylic acids is 1. The van der Waals surface area contributed by atoms with Gasteiger partial charge in [-0.2, -0.15) is 5.26 Å². The second-order valence-electron chi connectivity index (χ2n) is 5.94. The average Bonchev–Trinajstić information content (AvgIpc) is 2.98. The van der Waals surface area contributed by atoms with Crippen LogP contribution in [0.5, 0.6) is 0 Å². The summed E-state index contributed by atoms with van der Waals surface area (Å²) in [6, 6.07) is 11.4. The van der Waals surface area contributed by atoms with E-state index in [0.717, 1.165) is 18.4 Å². The summed E-state index contributed by atoms with van der Waals surface area (Å²) < 4.78 is 0. The van der Waals surface area contributed by atoms with Crippen LogP contribution in [0.1, 0.15) is 50.7 Å². The minimum absolute atomic E-state index is 0.168. The van der Waals surface area contributed by atoms with Gasteiger partial charge in [-0.05, 0) is 31.7 Å². The van der Waals surface area contributed by atoms with Crippen molar-refractivity contribution in [2.75, 3.05) is 0 Å². The summed E-state index contributed by atoms with van der Waals surface area (Å²) in [6.07, 6.45) is 2.98. The van der Waals surface area contributed by atoms with Gasteiger partial charge in [0, 0.05) is 6.04 Å². The second-order valence-corrected chi connectivity index (χ2v) is 5.94. The van der Waals surface area contributed by atoms with Crippen LogP contribution < -0.4 is 5.32 Å². The number of hydrogen-bond donors (Lipinski definition) is 2. The highest BCUT2D eigenvalue weighted by Crippen LogP contribution is 2.37. The van der Waals surface area contributed by atoms with Crippen molar-refractivity contribution in [2.45, 2.75) is 51.2 Å². The molecular formula is C17H22N2O2. The highest BCUT2D eigenvalue weighted by Gasteiger charge is 2.41. The lowest BCUT2D eigenvalue weighted by Crippen LogP contribution is -2.43. The Morgan fingerprint density at radius 3 is 2.57 bits per heavy atom. The Hall–Kier alpha value is -1.86. The molecular weight excluding hydrogens is 264 g/mol. The molecule has 4 nitrogen and oxygen atoms in total. The number of hydrogen-bond acceptors (Lipinski definition) is 3. The molecule has 1 aliphatic rings. The lowest BCUT2D eigenvalue weighted by atomic mass is 9.86. The van der Waals surface area contributed by atoms with Crippen molar-refractivity contribution in [1.29, 1.82) is 5.26 Å². The number of aliphatic hydroxyl groups excluding tert-OH is 1. The SMILES string of the molecule is CC(CC(O)c1ccccc1)NC(=O)C1(C#N)CCCC1. The fourth-order valence-corrected chi connectivity index (χ4v) is 2.94. The molecule has 1 fully saturated rings. The van der Waals surface area contributed by atoms with Crippen molar-refractivity contribution in [3.05, 3.63) is 35.9 Å². The Bertz CT molecular complexity index is 515. The molecule has 0 heterocycles. The summed E-state index contributed by atoms with van der Waals surface area (Å²) >= 11 is 0. The van der Waals surface area contributed by atoms with Crippen LogP contribution in [-0.4, -0.2) is 17.1 Å². The summed E-state index contributed by atoms with van der Waals surface area (Å²) in [6.45, 7) is 1.87. The topological polar surface area (TPSA) is 73.1 Å². The van der Waals surface area contributed by atoms with Gasteiger partial charge in [0.15, 0.2) is 0 Å². The van der Waals surface area contributed by atoms with Crippen LogP contribution in [0.25, 0.3) is 0 Å². The van der Waals surface area contributed by atoms with Gasteiger partial charge < -0.3 is 10.4 Å².